The van der Waals surface area contributed by atoms with E-state index in [4.69, 9.17) is 23.7 Å². The number of methoxy groups -OCH3 is 5. The zero-order chi connectivity index (χ0) is 28.3. The Morgan fingerprint density at radius 2 is 1.37 bits per heavy atom. The minimum atomic E-state index is -0.0959. The lowest BCUT2D eigenvalue weighted by molar-refractivity contribution is 0.235. The number of nitrogens with one attached hydrogen (secondary N) is 1. The van der Waals surface area contributed by atoms with E-state index in [2.05, 4.69) is 69.2 Å². The third-order valence-electron chi connectivity index (χ3n) is 7.56. The van der Waals surface area contributed by atoms with Gasteiger partial charge in [-0.15, -0.1) is 0 Å². The molecule has 0 bridgehead atoms. The molecule has 0 spiro atoms. The van der Waals surface area contributed by atoms with E-state index < -0.39 is 0 Å². The monoisotopic (exact) mass is 530 g/mol. The van der Waals surface area contributed by atoms with Gasteiger partial charge in [0, 0.05) is 24.5 Å². The SMILES string of the molecule is COc1ccc(CCN(C)CCCC(CNC(C)C)(c2cc(OC)c(OC)c(OC)c2)C(C)C)cc1OC. The maximum absolute atomic E-state index is 5.72. The first kappa shape index (κ1) is 31.6. The first-order valence-corrected chi connectivity index (χ1v) is 13.6. The summed E-state index contributed by atoms with van der Waals surface area (Å²) in [5, 5.41) is 3.73. The Labute approximate surface area is 230 Å². The Morgan fingerprint density at radius 3 is 1.87 bits per heavy atom. The van der Waals surface area contributed by atoms with Gasteiger partial charge < -0.3 is 33.9 Å². The van der Waals surface area contributed by atoms with Crippen LogP contribution in [0.3, 0.4) is 0 Å². The highest BCUT2D eigenvalue weighted by Gasteiger charge is 2.37. The van der Waals surface area contributed by atoms with E-state index in [0.717, 1.165) is 50.4 Å². The highest BCUT2D eigenvalue weighted by atomic mass is 16.5. The minimum absolute atomic E-state index is 0.0959. The molecule has 0 heterocycles. The zero-order valence-electron chi connectivity index (χ0n) is 25.3. The Kier molecular flexibility index (Phi) is 12.5. The number of nitrogens with zero attached hydrogens (tertiary/aromatic N) is 1. The molecule has 1 N–H and O–H groups in total. The molecule has 0 aliphatic heterocycles. The van der Waals surface area contributed by atoms with Crippen LogP contribution in [-0.4, -0.2) is 73.2 Å². The van der Waals surface area contributed by atoms with Crippen molar-refractivity contribution >= 4 is 0 Å². The number of benzene rings is 2. The molecule has 0 saturated carbocycles. The second kappa shape index (κ2) is 15.1. The number of hydrogen-bond donors (Lipinski definition) is 1. The van der Waals surface area contributed by atoms with Crippen molar-refractivity contribution in [2.45, 2.75) is 58.4 Å². The van der Waals surface area contributed by atoms with Crippen LogP contribution < -0.4 is 29.0 Å². The summed E-state index contributed by atoms with van der Waals surface area (Å²) in [5.74, 6) is 3.96. The molecular formula is C31H50N2O5. The molecular weight excluding hydrogens is 480 g/mol. The van der Waals surface area contributed by atoms with E-state index in [0.29, 0.717) is 29.2 Å². The topological polar surface area (TPSA) is 61.4 Å². The van der Waals surface area contributed by atoms with Crippen LogP contribution in [0.4, 0.5) is 0 Å². The summed E-state index contributed by atoms with van der Waals surface area (Å²) < 4.78 is 27.9. The van der Waals surface area contributed by atoms with Crippen LogP contribution in [0.2, 0.25) is 0 Å². The number of ether oxygens (including phenoxy) is 5. The molecule has 0 aromatic heterocycles. The standard InChI is InChI=1S/C31H50N2O5/c1-22(2)31(21-32-23(3)4,25-19-28(36-8)30(38-10)29(20-25)37-9)15-11-16-33(5)17-14-24-12-13-26(34-6)27(18-24)35-7/h12-13,18-20,22-23,32H,11,14-17,21H2,1-10H3. The lowest BCUT2D eigenvalue weighted by Gasteiger charge is -2.40. The predicted molar refractivity (Wildman–Crippen MR) is 156 cm³/mol. The Bertz CT molecular complexity index is 969. The Balaban J connectivity index is 2.21. The van der Waals surface area contributed by atoms with Crippen molar-refractivity contribution in [1.29, 1.82) is 0 Å². The summed E-state index contributed by atoms with van der Waals surface area (Å²) >= 11 is 0. The summed E-state index contributed by atoms with van der Waals surface area (Å²) in [6.07, 6.45) is 3.05. The van der Waals surface area contributed by atoms with Crippen LogP contribution >= 0.6 is 0 Å². The molecule has 7 nitrogen and oxygen atoms in total. The summed E-state index contributed by atoms with van der Waals surface area (Å²) in [6.45, 7) is 11.9. The van der Waals surface area contributed by atoms with Gasteiger partial charge in [0.15, 0.2) is 23.0 Å². The molecule has 2 aromatic rings. The molecule has 0 fully saturated rings. The summed E-state index contributed by atoms with van der Waals surface area (Å²) in [6, 6.07) is 10.8. The van der Waals surface area contributed by atoms with E-state index in [-0.39, 0.29) is 5.41 Å². The zero-order valence-corrected chi connectivity index (χ0v) is 25.3. The van der Waals surface area contributed by atoms with Crippen molar-refractivity contribution in [3.63, 3.8) is 0 Å². The van der Waals surface area contributed by atoms with Gasteiger partial charge in [-0.1, -0.05) is 33.8 Å². The van der Waals surface area contributed by atoms with Crippen LogP contribution in [0.1, 0.15) is 51.7 Å². The molecule has 2 aromatic carbocycles. The lowest BCUT2D eigenvalue weighted by atomic mass is 9.68. The predicted octanol–water partition coefficient (Wildman–Crippen LogP) is 5.58. The molecule has 1 unspecified atom stereocenters. The van der Waals surface area contributed by atoms with Gasteiger partial charge in [0.05, 0.1) is 35.5 Å². The fraction of sp³-hybridized carbons (Fsp3) is 0.613. The van der Waals surface area contributed by atoms with Gasteiger partial charge in [-0.25, -0.2) is 0 Å². The van der Waals surface area contributed by atoms with Gasteiger partial charge in [-0.3, -0.25) is 0 Å². The van der Waals surface area contributed by atoms with E-state index >= 15 is 0 Å². The molecule has 0 aliphatic carbocycles. The normalized spacial score (nSPS) is 13.1. The second-order valence-corrected chi connectivity index (χ2v) is 10.6. The number of hydrogen-bond acceptors (Lipinski definition) is 7. The highest BCUT2D eigenvalue weighted by molar-refractivity contribution is 5.55. The Hall–Kier alpha value is -2.64. The number of likely N-dealkylation sites (N-methyl/N-ethyl adjacent to an activating group) is 1. The van der Waals surface area contributed by atoms with E-state index in [9.17, 15) is 0 Å². The summed E-state index contributed by atoms with van der Waals surface area (Å²) in [4.78, 5) is 2.41. The molecule has 1 atom stereocenters. The Morgan fingerprint density at radius 1 is 0.763 bits per heavy atom. The molecule has 0 saturated heterocycles. The van der Waals surface area contributed by atoms with Gasteiger partial charge in [0.2, 0.25) is 5.75 Å². The quantitative estimate of drug-likeness (QED) is 0.287. The maximum Gasteiger partial charge on any atom is 0.203 e. The first-order chi connectivity index (χ1) is 18.1. The summed E-state index contributed by atoms with van der Waals surface area (Å²) in [5.41, 5.74) is 2.36. The first-order valence-electron chi connectivity index (χ1n) is 13.6. The van der Waals surface area contributed by atoms with Crippen LogP contribution in [0.5, 0.6) is 28.7 Å². The molecule has 0 radical (unpaired) electrons. The van der Waals surface area contributed by atoms with Crippen molar-refractivity contribution in [2.24, 2.45) is 5.92 Å². The van der Waals surface area contributed by atoms with E-state index in [1.165, 1.54) is 11.1 Å². The van der Waals surface area contributed by atoms with Crippen LogP contribution in [0.25, 0.3) is 0 Å². The molecule has 0 aliphatic rings. The minimum Gasteiger partial charge on any atom is -0.493 e. The van der Waals surface area contributed by atoms with Crippen molar-refractivity contribution in [2.75, 3.05) is 62.2 Å². The van der Waals surface area contributed by atoms with Crippen LogP contribution in [-0.2, 0) is 11.8 Å². The smallest absolute Gasteiger partial charge is 0.203 e. The van der Waals surface area contributed by atoms with Gasteiger partial charge >= 0.3 is 0 Å². The third kappa shape index (κ3) is 7.93. The lowest BCUT2D eigenvalue weighted by Crippen LogP contribution is -2.45. The van der Waals surface area contributed by atoms with Gasteiger partial charge in [0.25, 0.3) is 0 Å². The third-order valence-corrected chi connectivity index (χ3v) is 7.56. The van der Waals surface area contributed by atoms with E-state index in [1.807, 2.05) is 6.07 Å². The van der Waals surface area contributed by atoms with Crippen molar-refractivity contribution in [3.05, 3.63) is 41.5 Å². The van der Waals surface area contributed by atoms with E-state index in [1.54, 1.807) is 35.5 Å². The fourth-order valence-corrected chi connectivity index (χ4v) is 5.05. The fourth-order valence-electron chi connectivity index (χ4n) is 5.05. The average molecular weight is 531 g/mol. The summed E-state index contributed by atoms with van der Waals surface area (Å²) in [7, 11) is 10.5. The second-order valence-electron chi connectivity index (χ2n) is 10.6. The number of rotatable bonds is 17. The largest absolute Gasteiger partial charge is 0.493 e. The maximum atomic E-state index is 5.72. The average Bonchev–Trinajstić information content (AvgIpc) is 2.92. The molecule has 0 amide bonds. The van der Waals surface area contributed by atoms with Crippen LogP contribution in [0, 0.1) is 5.92 Å². The van der Waals surface area contributed by atoms with Crippen molar-refractivity contribution < 1.29 is 23.7 Å². The molecule has 2 rings (SSSR count). The molecule has 38 heavy (non-hydrogen) atoms. The highest BCUT2D eigenvalue weighted by Crippen LogP contribution is 2.45. The van der Waals surface area contributed by atoms with Crippen molar-refractivity contribution in [3.8, 4) is 28.7 Å². The van der Waals surface area contributed by atoms with Crippen molar-refractivity contribution in [1.82, 2.24) is 10.2 Å². The van der Waals surface area contributed by atoms with Gasteiger partial charge in [0.1, 0.15) is 0 Å². The van der Waals surface area contributed by atoms with Gasteiger partial charge in [-0.2, -0.15) is 0 Å². The van der Waals surface area contributed by atoms with Crippen LogP contribution in [0.15, 0.2) is 30.3 Å². The molecule has 214 valence electrons. The molecule has 7 heteroatoms. The van der Waals surface area contributed by atoms with Gasteiger partial charge in [-0.05, 0) is 74.2 Å².